The lowest BCUT2D eigenvalue weighted by Crippen LogP contribution is -2.29. The van der Waals surface area contributed by atoms with Gasteiger partial charge in [-0.1, -0.05) is 18.5 Å². The Morgan fingerprint density at radius 2 is 2.18 bits per heavy atom. The van der Waals surface area contributed by atoms with Gasteiger partial charge >= 0.3 is 5.97 Å². The average Bonchev–Trinajstić information content (AvgIpc) is 3.63. The van der Waals surface area contributed by atoms with Crippen LogP contribution in [-0.2, 0) is 0 Å². The maximum atomic E-state index is 15.1. The molecule has 0 amide bonds. The van der Waals surface area contributed by atoms with Gasteiger partial charge in [-0.05, 0) is 31.4 Å². The van der Waals surface area contributed by atoms with E-state index in [4.69, 9.17) is 15.8 Å². The Kier molecular flexibility index (Phi) is 8.47. The predicted octanol–water partition coefficient (Wildman–Crippen LogP) is 4.79. The van der Waals surface area contributed by atoms with Crippen molar-refractivity contribution in [3.63, 3.8) is 0 Å². The molecular formula is C22H24ClFN4O4S2. The Hall–Kier alpha value is -2.31. The normalized spacial score (nSPS) is 13.2. The summed E-state index contributed by atoms with van der Waals surface area (Å²) < 4.78 is 24.1. The molecule has 1 aliphatic rings. The van der Waals surface area contributed by atoms with Crippen LogP contribution in [0.25, 0.3) is 22.0 Å². The molecule has 1 fully saturated rings. The average molecular weight is 527 g/mol. The predicted molar refractivity (Wildman–Crippen MR) is 136 cm³/mol. The van der Waals surface area contributed by atoms with Crippen LogP contribution in [0, 0.1) is 5.82 Å². The first kappa shape index (κ1) is 26.3. The van der Waals surface area contributed by atoms with Crippen molar-refractivity contribution in [1.29, 1.82) is 0 Å². The van der Waals surface area contributed by atoms with Crippen LogP contribution >= 0.6 is 37.3 Å². The van der Waals surface area contributed by atoms with Crippen LogP contribution in [0.5, 0.6) is 5.88 Å². The molecule has 0 radical (unpaired) electrons. The molecule has 1 saturated carbocycles. The van der Waals surface area contributed by atoms with Gasteiger partial charge in [0.1, 0.15) is 11.4 Å². The highest BCUT2D eigenvalue weighted by Crippen LogP contribution is 2.42. The molecule has 2 N–H and O–H groups in total. The second-order valence-electron chi connectivity index (χ2n) is 7.71. The third-order valence-electron chi connectivity index (χ3n) is 5.22. The quantitative estimate of drug-likeness (QED) is 0.233. The molecule has 8 nitrogen and oxygen atoms in total. The number of benzene rings is 1. The van der Waals surface area contributed by atoms with E-state index in [9.17, 15) is 14.7 Å². The molecule has 4 rings (SSSR count). The molecule has 182 valence electrons. The van der Waals surface area contributed by atoms with Crippen molar-refractivity contribution in [3.05, 3.63) is 57.2 Å². The first-order valence-electron chi connectivity index (χ1n) is 10.4. The van der Waals surface area contributed by atoms with Crippen LogP contribution in [0.15, 0.2) is 35.4 Å². The van der Waals surface area contributed by atoms with Crippen molar-refractivity contribution < 1.29 is 18.5 Å². The summed E-state index contributed by atoms with van der Waals surface area (Å²) in [4.78, 5) is 28.4. The number of nitrogens with zero attached hydrogens (tertiary/aromatic N) is 3. The summed E-state index contributed by atoms with van der Waals surface area (Å²) in [6.45, 7) is 2.86. The Morgan fingerprint density at radius 3 is 2.76 bits per heavy atom. The van der Waals surface area contributed by atoms with Gasteiger partial charge in [0.15, 0.2) is 12.2 Å². The van der Waals surface area contributed by atoms with Gasteiger partial charge in [-0.2, -0.15) is 17.9 Å². The summed E-state index contributed by atoms with van der Waals surface area (Å²) in [5.74, 6) is -1.76. The molecule has 0 atom stereocenters. The maximum Gasteiger partial charge on any atom is 0.341 e. The van der Waals surface area contributed by atoms with Gasteiger partial charge in [-0.15, -0.1) is 0 Å². The topological polar surface area (TPSA) is 96.7 Å². The van der Waals surface area contributed by atoms with Crippen LogP contribution < -0.4 is 15.0 Å². The highest BCUT2D eigenvalue weighted by molar-refractivity contribution is 7.92. The van der Waals surface area contributed by atoms with Crippen LogP contribution in [0.3, 0.4) is 0 Å². The van der Waals surface area contributed by atoms with Crippen molar-refractivity contribution in [2.24, 2.45) is 0 Å². The van der Waals surface area contributed by atoms with E-state index in [0.717, 1.165) is 44.1 Å². The van der Waals surface area contributed by atoms with E-state index in [1.165, 1.54) is 12.4 Å². The van der Waals surface area contributed by atoms with Gasteiger partial charge in [0.2, 0.25) is 11.3 Å². The van der Waals surface area contributed by atoms with Crippen molar-refractivity contribution in [3.8, 4) is 17.0 Å². The first-order valence-corrected chi connectivity index (χ1v) is 11.5. The molecule has 12 heteroatoms. The molecule has 0 saturated heterocycles. The first-order chi connectivity index (χ1) is 15.8. The standard InChI is InChI=1S/C22H22ClFN4O4S.H2S/c1-3-8-26-27(2)33-32-17-7-4-12(10-25-17)18-16(24)9-14-20(19(18)23)28(13-5-6-13)11-15(21(14)29)22(30)31;/h4,7,9-11,13,26H,3,5-6,8H2,1-2H3,(H,30,31);1H2. The van der Waals surface area contributed by atoms with Crippen LogP contribution in [0.4, 0.5) is 4.39 Å². The molecule has 34 heavy (non-hydrogen) atoms. The Labute approximate surface area is 211 Å². The smallest absolute Gasteiger partial charge is 0.341 e. The number of hydrazine groups is 1. The lowest BCUT2D eigenvalue weighted by atomic mass is 10.0. The second-order valence-corrected chi connectivity index (χ2v) is 8.95. The summed E-state index contributed by atoms with van der Waals surface area (Å²) in [7, 11) is 1.81. The minimum atomic E-state index is -1.36. The van der Waals surface area contributed by atoms with E-state index < -0.39 is 22.8 Å². The highest BCUT2D eigenvalue weighted by atomic mass is 35.5. The number of pyridine rings is 2. The minimum absolute atomic E-state index is 0. The summed E-state index contributed by atoms with van der Waals surface area (Å²) in [5, 5.41) is 9.39. The van der Waals surface area contributed by atoms with Crippen molar-refractivity contribution >= 4 is 54.2 Å². The number of aromatic carboxylic acids is 1. The van der Waals surface area contributed by atoms with Crippen LogP contribution in [0.2, 0.25) is 5.02 Å². The molecule has 0 bridgehead atoms. The molecule has 1 aliphatic carbocycles. The number of fused-ring (bicyclic) bond motifs is 1. The number of hydrogen-bond acceptors (Lipinski definition) is 7. The number of halogens is 2. The van der Waals surface area contributed by atoms with Crippen LogP contribution in [0.1, 0.15) is 42.6 Å². The summed E-state index contributed by atoms with van der Waals surface area (Å²) in [6.07, 6.45) is 5.37. The zero-order valence-electron chi connectivity index (χ0n) is 18.5. The monoisotopic (exact) mass is 526 g/mol. The Morgan fingerprint density at radius 1 is 1.44 bits per heavy atom. The fourth-order valence-corrected chi connectivity index (χ4v) is 4.30. The fraction of sp³-hybridized carbons (Fsp3) is 0.318. The van der Waals surface area contributed by atoms with E-state index in [2.05, 4.69) is 17.3 Å². The molecule has 1 aromatic carbocycles. The molecule has 0 unspecified atom stereocenters. The summed E-state index contributed by atoms with van der Waals surface area (Å²) in [6, 6.07) is 4.30. The Balaban J connectivity index is 0.00000324. The molecular weight excluding hydrogens is 503 g/mol. The SMILES string of the molecule is CCCNN(C)SOc1ccc(-c2c(F)cc3c(=O)c(C(=O)O)cn(C4CC4)c3c2Cl)cn1.S. The summed E-state index contributed by atoms with van der Waals surface area (Å²) >= 11 is 7.70. The lowest BCUT2D eigenvalue weighted by Gasteiger charge is -2.16. The van der Waals surface area contributed by atoms with Crippen molar-refractivity contribution in [2.45, 2.75) is 32.2 Å². The van der Waals surface area contributed by atoms with Gasteiger partial charge in [0.05, 0.1) is 15.9 Å². The number of carboxylic acids is 1. The van der Waals surface area contributed by atoms with Gasteiger partial charge in [-0.3, -0.25) is 4.79 Å². The van der Waals surface area contributed by atoms with Gasteiger partial charge in [0.25, 0.3) is 0 Å². The van der Waals surface area contributed by atoms with Gasteiger partial charge in [-0.25, -0.2) is 19.6 Å². The maximum absolute atomic E-state index is 15.1. The van der Waals surface area contributed by atoms with E-state index >= 15 is 4.39 Å². The second kappa shape index (κ2) is 11.0. The third-order valence-corrected chi connectivity index (χ3v) is 6.19. The molecule has 2 aromatic heterocycles. The largest absolute Gasteiger partial charge is 0.477 e. The molecule has 0 aliphatic heterocycles. The molecule has 3 aromatic rings. The lowest BCUT2D eigenvalue weighted by molar-refractivity contribution is 0.0695. The van der Waals surface area contributed by atoms with E-state index in [1.54, 1.807) is 21.1 Å². The number of hydrogen-bond donors (Lipinski definition) is 2. The fourth-order valence-electron chi connectivity index (χ4n) is 3.47. The van der Waals surface area contributed by atoms with E-state index in [0.29, 0.717) is 17.0 Å². The zero-order valence-corrected chi connectivity index (χ0v) is 21.0. The van der Waals surface area contributed by atoms with E-state index in [-0.39, 0.29) is 35.5 Å². The van der Waals surface area contributed by atoms with Gasteiger partial charge < -0.3 is 13.9 Å². The number of carbonyl (C=O) groups is 1. The van der Waals surface area contributed by atoms with Crippen molar-refractivity contribution in [2.75, 3.05) is 13.6 Å². The number of carboxylic acid groups (broad SMARTS) is 1. The number of rotatable bonds is 9. The third kappa shape index (κ3) is 5.33. The summed E-state index contributed by atoms with van der Waals surface area (Å²) in [5.41, 5.74) is 2.77. The highest BCUT2D eigenvalue weighted by Gasteiger charge is 2.29. The zero-order chi connectivity index (χ0) is 23.7. The van der Waals surface area contributed by atoms with Gasteiger partial charge in [0, 0.05) is 49.2 Å². The Bertz CT molecular complexity index is 1270. The van der Waals surface area contributed by atoms with Crippen molar-refractivity contribution in [1.82, 2.24) is 19.4 Å². The minimum Gasteiger partial charge on any atom is -0.477 e. The number of aromatic nitrogens is 2. The van der Waals surface area contributed by atoms with E-state index in [1.807, 2.05) is 7.05 Å². The van der Waals surface area contributed by atoms with Crippen LogP contribution in [-0.4, -0.2) is 38.6 Å². The number of nitrogens with one attached hydrogen (secondary N) is 1. The molecule has 0 spiro atoms. The molecule has 2 heterocycles.